The molecular weight excluding hydrogens is 310 g/mol. The van der Waals surface area contributed by atoms with Crippen LogP contribution >= 0.6 is 27.3 Å². The number of aromatic nitrogens is 2. The summed E-state index contributed by atoms with van der Waals surface area (Å²) in [5.41, 5.74) is 1.09. The van der Waals surface area contributed by atoms with E-state index in [-0.39, 0.29) is 0 Å². The summed E-state index contributed by atoms with van der Waals surface area (Å²) in [6.45, 7) is 5.10. The molecule has 0 aliphatic rings. The molecule has 0 radical (unpaired) electrons. The van der Waals surface area contributed by atoms with E-state index in [9.17, 15) is 0 Å². The van der Waals surface area contributed by atoms with Crippen LogP contribution in [0.15, 0.2) is 29.0 Å². The molecule has 0 aliphatic heterocycles. The lowest BCUT2D eigenvalue weighted by Crippen LogP contribution is -2.22. The number of nitrogens with one attached hydrogen (secondary N) is 1. The molecule has 0 fully saturated rings. The van der Waals surface area contributed by atoms with Crippen molar-refractivity contribution in [1.82, 2.24) is 15.3 Å². The van der Waals surface area contributed by atoms with Gasteiger partial charge in [-0.05, 0) is 41.5 Å². The summed E-state index contributed by atoms with van der Waals surface area (Å²) in [6, 6.07) is 4.39. The molecule has 2 heterocycles. The van der Waals surface area contributed by atoms with Gasteiger partial charge in [-0.25, -0.2) is 4.98 Å². The van der Waals surface area contributed by atoms with Crippen molar-refractivity contribution in [3.8, 4) is 0 Å². The second-order valence-corrected chi connectivity index (χ2v) is 6.25. The lowest BCUT2D eigenvalue weighted by Gasteiger charge is -2.15. The summed E-state index contributed by atoms with van der Waals surface area (Å²) in [6.07, 6.45) is 4.70. The minimum absolute atomic E-state index is 0.301. The number of likely N-dealkylation sites (N-methyl/N-ethyl adjacent to an activating group) is 1. The van der Waals surface area contributed by atoms with Crippen molar-refractivity contribution in [3.05, 3.63) is 44.6 Å². The molecule has 0 aliphatic carbocycles. The fourth-order valence-corrected chi connectivity index (χ4v) is 2.89. The van der Waals surface area contributed by atoms with Gasteiger partial charge in [-0.2, -0.15) is 0 Å². The SMILES string of the molecule is CCNC(Cc1ccc(Br)cn1)c1cnc(C)s1. The Kier molecular flexibility index (Phi) is 4.86. The first kappa shape index (κ1) is 13.6. The molecule has 96 valence electrons. The van der Waals surface area contributed by atoms with Crippen molar-refractivity contribution in [1.29, 1.82) is 0 Å². The van der Waals surface area contributed by atoms with E-state index in [2.05, 4.69) is 44.2 Å². The second kappa shape index (κ2) is 6.41. The van der Waals surface area contributed by atoms with Gasteiger partial charge in [0.1, 0.15) is 0 Å². The highest BCUT2D eigenvalue weighted by atomic mass is 79.9. The molecule has 2 aromatic rings. The van der Waals surface area contributed by atoms with Crippen molar-refractivity contribution in [2.45, 2.75) is 26.3 Å². The standard InChI is InChI=1S/C13H16BrN3S/c1-3-15-12(13-8-16-9(2)18-13)6-11-5-4-10(14)7-17-11/h4-5,7-8,12,15H,3,6H2,1-2H3. The van der Waals surface area contributed by atoms with E-state index in [1.165, 1.54) is 4.88 Å². The fraction of sp³-hybridized carbons (Fsp3) is 0.385. The minimum Gasteiger partial charge on any atom is -0.309 e. The van der Waals surface area contributed by atoms with Crippen LogP contribution < -0.4 is 5.32 Å². The monoisotopic (exact) mass is 325 g/mol. The van der Waals surface area contributed by atoms with Crippen LogP contribution in [0.4, 0.5) is 0 Å². The van der Waals surface area contributed by atoms with Gasteiger partial charge in [0.05, 0.1) is 5.01 Å². The number of rotatable bonds is 5. The maximum Gasteiger partial charge on any atom is 0.0897 e. The molecule has 0 spiro atoms. The highest BCUT2D eigenvalue weighted by molar-refractivity contribution is 9.10. The topological polar surface area (TPSA) is 37.8 Å². The summed E-state index contributed by atoms with van der Waals surface area (Å²) in [5.74, 6) is 0. The minimum atomic E-state index is 0.301. The van der Waals surface area contributed by atoms with Crippen molar-refractivity contribution < 1.29 is 0 Å². The number of aryl methyl sites for hydroxylation is 1. The van der Waals surface area contributed by atoms with E-state index in [0.29, 0.717) is 6.04 Å². The van der Waals surface area contributed by atoms with Crippen LogP contribution in [0.25, 0.3) is 0 Å². The van der Waals surface area contributed by atoms with Gasteiger partial charge in [-0.3, -0.25) is 4.98 Å². The molecule has 0 aromatic carbocycles. The maximum absolute atomic E-state index is 4.43. The van der Waals surface area contributed by atoms with E-state index >= 15 is 0 Å². The zero-order chi connectivity index (χ0) is 13.0. The van der Waals surface area contributed by atoms with E-state index < -0.39 is 0 Å². The molecule has 18 heavy (non-hydrogen) atoms. The molecular formula is C13H16BrN3S. The molecule has 1 N–H and O–H groups in total. The zero-order valence-corrected chi connectivity index (χ0v) is 12.9. The van der Waals surface area contributed by atoms with Gasteiger partial charge in [0.15, 0.2) is 0 Å². The van der Waals surface area contributed by atoms with Gasteiger partial charge >= 0.3 is 0 Å². The van der Waals surface area contributed by atoms with Gasteiger partial charge in [0, 0.05) is 39.9 Å². The molecule has 0 bridgehead atoms. The predicted molar refractivity (Wildman–Crippen MR) is 78.9 cm³/mol. The Morgan fingerprint density at radius 1 is 1.33 bits per heavy atom. The summed E-state index contributed by atoms with van der Waals surface area (Å²) >= 11 is 5.15. The average Bonchev–Trinajstić information content (AvgIpc) is 2.78. The number of pyridine rings is 1. The molecule has 0 saturated heterocycles. The summed E-state index contributed by atoms with van der Waals surface area (Å²) in [5, 5.41) is 4.60. The molecule has 3 nitrogen and oxygen atoms in total. The van der Waals surface area contributed by atoms with Crippen molar-refractivity contribution in [2.24, 2.45) is 0 Å². The Morgan fingerprint density at radius 3 is 2.72 bits per heavy atom. The first-order valence-electron chi connectivity index (χ1n) is 5.95. The zero-order valence-electron chi connectivity index (χ0n) is 10.5. The lowest BCUT2D eigenvalue weighted by atomic mass is 10.1. The Labute approximate surface area is 120 Å². The van der Waals surface area contributed by atoms with Gasteiger partial charge < -0.3 is 5.32 Å². The molecule has 5 heteroatoms. The first-order valence-corrected chi connectivity index (χ1v) is 7.56. The largest absolute Gasteiger partial charge is 0.309 e. The fourth-order valence-electron chi connectivity index (χ4n) is 1.79. The molecule has 0 amide bonds. The molecule has 1 atom stereocenters. The number of hydrogen-bond acceptors (Lipinski definition) is 4. The Balaban J connectivity index is 2.13. The quantitative estimate of drug-likeness (QED) is 0.914. The van der Waals surface area contributed by atoms with Crippen molar-refractivity contribution in [3.63, 3.8) is 0 Å². The van der Waals surface area contributed by atoms with Crippen LogP contribution in [-0.4, -0.2) is 16.5 Å². The second-order valence-electron chi connectivity index (χ2n) is 4.06. The Hall–Kier alpha value is -0.780. The normalized spacial score (nSPS) is 12.6. The van der Waals surface area contributed by atoms with Crippen molar-refractivity contribution >= 4 is 27.3 Å². The highest BCUT2D eigenvalue weighted by Crippen LogP contribution is 2.23. The Morgan fingerprint density at radius 2 is 2.17 bits per heavy atom. The van der Waals surface area contributed by atoms with Crippen LogP contribution in [0, 0.1) is 6.92 Å². The lowest BCUT2D eigenvalue weighted by molar-refractivity contribution is 0.551. The molecule has 2 rings (SSSR count). The van der Waals surface area contributed by atoms with Gasteiger partial charge in [-0.15, -0.1) is 11.3 Å². The molecule has 0 saturated carbocycles. The predicted octanol–water partition coefficient (Wildman–Crippen LogP) is 3.50. The number of nitrogens with zero attached hydrogens (tertiary/aromatic N) is 2. The van der Waals surface area contributed by atoms with Crippen LogP contribution in [0.2, 0.25) is 0 Å². The summed E-state index contributed by atoms with van der Waals surface area (Å²) in [7, 11) is 0. The summed E-state index contributed by atoms with van der Waals surface area (Å²) < 4.78 is 1.01. The number of hydrogen-bond donors (Lipinski definition) is 1. The van der Waals surface area contributed by atoms with Gasteiger partial charge in [-0.1, -0.05) is 6.92 Å². The van der Waals surface area contributed by atoms with E-state index in [0.717, 1.165) is 28.1 Å². The smallest absolute Gasteiger partial charge is 0.0897 e. The Bertz CT molecular complexity index is 495. The van der Waals surface area contributed by atoms with Crippen LogP contribution in [0.1, 0.15) is 28.5 Å². The molecule has 1 unspecified atom stereocenters. The van der Waals surface area contributed by atoms with Crippen molar-refractivity contribution in [2.75, 3.05) is 6.54 Å². The van der Waals surface area contributed by atoms with E-state index in [1.807, 2.05) is 25.4 Å². The third kappa shape index (κ3) is 3.60. The first-order chi connectivity index (χ1) is 8.69. The molecule has 2 aromatic heterocycles. The van der Waals surface area contributed by atoms with Crippen LogP contribution in [-0.2, 0) is 6.42 Å². The van der Waals surface area contributed by atoms with E-state index in [4.69, 9.17) is 0 Å². The van der Waals surface area contributed by atoms with Gasteiger partial charge in [0.2, 0.25) is 0 Å². The van der Waals surface area contributed by atoms with Gasteiger partial charge in [0.25, 0.3) is 0 Å². The highest BCUT2D eigenvalue weighted by Gasteiger charge is 2.14. The van der Waals surface area contributed by atoms with Crippen LogP contribution in [0.3, 0.4) is 0 Å². The van der Waals surface area contributed by atoms with Crippen LogP contribution in [0.5, 0.6) is 0 Å². The third-order valence-corrected chi connectivity index (χ3v) is 4.13. The third-order valence-electron chi connectivity index (χ3n) is 2.64. The average molecular weight is 326 g/mol. The number of halogens is 1. The summed E-state index contributed by atoms with van der Waals surface area (Å²) in [4.78, 5) is 10.0. The number of thiazole rings is 1. The van der Waals surface area contributed by atoms with E-state index in [1.54, 1.807) is 11.3 Å². The maximum atomic E-state index is 4.43.